The number of rotatable bonds is 10. The number of carbonyl (C=O) groups is 1. The smallest absolute Gasteiger partial charge is 0.246 e. The average Bonchev–Trinajstić information content (AvgIpc) is 2.84. The lowest BCUT2D eigenvalue weighted by Gasteiger charge is -2.30. The largest absolute Gasteiger partial charge is 0.496 e. The number of carbonyl (C=O) groups excluding carboxylic acids is 1. The predicted molar refractivity (Wildman–Crippen MR) is 150 cm³/mol. The average molecular weight is 557 g/mol. The maximum atomic E-state index is 14.2. The zero-order chi connectivity index (χ0) is 28.3. The summed E-state index contributed by atoms with van der Waals surface area (Å²) < 4.78 is 38.8. The van der Waals surface area contributed by atoms with Crippen molar-refractivity contribution in [2.45, 2.75) is 65.9 Å². The molecule has 0 unspecified atom stereocenters. The molecular formula is C30H33ClF2NO3Si. The van der Waals surface area contributed by atoms with Crippen LogP contribution in [0.5, 0.6) is 5.75 Å². The van der Waals surface area contributed by atoms with Crippen molar-refractivity contribution >= 4 is 39.2 Å². The van der Waals surface area contributed by atoms with E-state index in [9.17, 15) is 13.6 Å². The minimum absolute atomic E-state index is 0.0143. The van der Waals surface area contributed by atoms with Gasteiger partial charge in [0.1, 0.15) is 17.4 Å². The van der Waals surface area contributed by atoms with Gasteiger partial charge in [-0.05, 0) is 64.8 Å². The van der Waals surface area contributed by atoms with E-state index in [1.165, 1.54) is 6.07 Å². The predicted octanol–water partition coefficient (Wildman–Crippen LogP) is 8.57. The summed E-state index contributed by atoms with van der Waals surface area (Å²) in [6, 6.07) is 8.04. The summed E-state index contributed by atoms with van der Waals surface area (Å²) in [4.78, 5) is 14.2. The molecule has 4 nitrogen and oxygen atoms in total. The molecule has 3 aromatic carbocycles. The van der Waals surface area contributed by atoms with Gasteiger partial charge in [0.25, 0.3) is 0 Å². The molecule has 0 aliphatic carbocycles. The Kier molecular flexibility index (Phi) is 9.73. The quantitative estimate of drug-likeness (QED) is 0.201. The molecule has 0 fully saturated rings. The van der Waals surface area contributed by atoms with Crippen molar-refractivity contribution in [2.75, 3.05) is 12.4 Å². The summed E-state index contributed by atoms with van der Waals surface area (Å²) >= 11 is 6.63. The van der Waals surface area contributed by atoms with Crippen LogP contribution in [0.2, 0.25) is 5.02 Å². The number of benzene rings is 3. The molecule has 0 aromatic heterocycles. The van der Waals surface area contributed by atoms with Crippen LogP contribution in [0.3, 0.4) is 0 Å². The number of hydrogen-bond acceptors (Lipinski definition) is 4. The van der Waals surface area contributed by atoms with Gasteiger partial charge in [0, 0.05) is 22.9 Å². The number of anilines is 2. The van der Waals surface area contributed by atoms with E-state index in [1.54, 1.807) is 25.3 Å². The third-order valence-corrected chi connectivity index (χ3v) is 6.94. The zero-order valence-electron chi connectivity index (χ0n) is 22.8. The molecule has 201 valence electrons. The van der Waals surface area contributed by atoms with Gasteiger partial charge in [0.05, 0.1) is 30.0 Å². The fourth-order valence-electron chi connectivity index (χ4n) is 5.03. The molecule has 0 aliphatic heterocycles. The van der Waals surface area contributed by atoms with Crippen LogP contribution in [0.4, 0.5) is 20.2 Å². The number of nitrogens with one attached hydrogen (secondary N) is 1. The Bertz CT molecular complexity index is 1340. The number of halogens is 3. The van der Waals surface area contributed by atoms with Crippen molar-refractivity contribution in [3.05, 3.63) is 86.4 Å². The fourth-order valence-corrected chi connectivity index (χ4v) is 5.44. The summed E-state index contributed by atoms with van der Waals surface area (Å²) in [5, 5.41) is 3.08. The van der Waals surface area contributed by atoms with Crippen molar-refractivity contribution in [1.29, 1.82) is 0 Å². The highest BCUT2D eigenvalue weighted by Gasteiger charge is 2.32. The SMILES string of the molecule is COc1c(C(=O)c2ccc(Nc3ccc(F)cc3F)cc2Cl)c(C(C)C)c(CO[Si])c(C(C)C)c1C(C)C. The zero-order valence-corrected chi connectivity index (χ0v) is 24.5. The Morgan fingerprint density at radius 1 is 0.947 bits per heavy atom. The highest BCUT2D eigenvalue weighted by molar-refractivity contribution is 6.35. The van der Waals surface area contributed by atoms with E-state index in [2.05, 4.69) is 43.5 Å². The first-order valence-electron chi connectivity index (χ1n) is 12.5. The first kappa shape index (κ1) is 29.8. The molecule has 38 heavy (non-hydrogen) atoms. The molecule has 3 aromatic rings. The molecular weight excluding hydrogens is 524 g/mol. The van der Waals surface area contributed by atoms with Crippen molar-refractivity contribution in [3.63, 3.8) is 0 Å². The van der Waals surface area contributed by atoms with Gasteiger partial charge in [-0.15, -0.1) is 0 Å². The van der Waals surface area contributed by atoms with Crippen LogP contribution in [-0.4, -0.2) is 23.4 Å². The monoisotopic (exact) mass is 556 g/mol. The van der Waals surface area contributed by atoms with Gasteiger partial charge in [-0.2, -0.15) is 0 Å². The van der Waals surface area contributed by atoms with Crippen LogP contribution in [0.25, 0.3) is 0 Å². The Morgan fingerprint density at radius 2 is 1.58 bits per heavy atom. The summed E-state index contributed by atoms with van der Waals surface area (Å²) in [5.41, 5.74) is 5.19. The lowest BCUT2D eigenvalue weighted by molar-refractivity contribution is 0.103. The molecule has 1 N–H and O–H groups in total. The molecule has 8 heteroatoms. The first-order valence-corrected chi connectivity index (χ1v) is 13.3. The minimum Gasteiger partial charge on any atom is -0.496 e. The lowest BCUT2D eigenvalue weighted by atomic mass is 9.77. The molecule has 0 atom stereocenters. The summed E-state index contributed by atoms with van der Waals surface area (Å²) in [6.45, 7) is 12.7. The molecule has 0 amide bonds. The van der Waals surface area contributed by atoms with Gasteiger partial charge in [0.15, 0.2) is 5.78 Å². The Morgan fingerprint density at radius 3 is 2.08 bits per heavy atom. The van der Waals surface area contributed by atoms with Crippen LogP contribution >= 0.6 is 11.6 Å². The van der Waals surface area contributed by atoms with Crippen LogP contribution in [0, 0.1) is 11.6 Å². The van der Waals surface area contributed by atoms with Crippen molar-refractivity contribution in [2.24, 2.45) is 0 Å². The molecule has 3 radical (unpaired) electrons. The normalized spacial score (nSPS) is 11.5. The third kappa shape index (κ3) is 5.95. The molecule has 0 aliphatic rings. The molecule has 0 saturated carbocycles. The van der Waals surface area contributed by atoms with E-state index in [-0.39, 0.29) is 46.4 Å². The Hall–Kier alpha value is -2.74. The van der Waals surface area contributed by atoms with Gasteiger partial charge in [-0.25, -0.2) is 8.78 Å². The molecule has 0 bridgehead atoms. The summed E-state index contributed by atoms with van der Waals surface area (Å²) in [6.07, 6.45) is 0. The second-order valence-electron chi connectivity index (χ2n) is 10.2. The van der Waals surface area contributed by atoms with Crippen LogP contribution < -0.4 is 10.1 Å². The van der Waals surface area contributed by atoms with Crippen molar-refractivity contribution < 1.29 is 22.7 Å². The van der Waals surface area contributed by atoms with Gasteiger partial charge in [-0.1, -0.05) is 53.1 Å². The highest BCUT2D eigenvalue weighted by atomic mass is 35.5. The number of methoxy groups -OCH3 is 1. The minimum atomic E-state index is -0.736. The Labute approximate surface area is 232 Å². The van der Waals surface area contributed by atoms with Gasteiger partial charge >= 0.3 is 0 Å². The molecule has 0 saturated heterocycles. The number of ketones is 1. The van der Waals surface area contributed by atoms with E-state index in [4.69, 9.17) is 20.8 Å². The Balaban J connectivity index is 2.22. The van der Waals surface area contributed by atoms with E-state index < -0.39 is 11.6 Å². The summed E-state index contributed by atoms with van der Waals surface area (Å²) in [5.74, 6) is -0.906. The first-order chi connectivity index (χ1) is 17.9. The maximum absolute atomic E-state index is 14.2. The van der Waals surface area contributed by atoms with Crippen LogP contribution in [-0.2, 0) is 11.0 Å². The van der Waals surface area contributed by atoms with Crippen LogP contribution in [0.15, 0.2) is 36.4 Å². The number of hydrogen-bond donors (Lipinski definition) is 1. The number of ether oxygens (including phenoxy) is 1. The van der Waals surface area contributed by atoms with Crippen LogP contribution in [0.1, 0.15) is 97.5 Å². The lowest BCUT2D eigenvalue weighted by Crippen LogP contribution is -2.19. The molecule has 0 spiro atoms. The molecule has 0 heterocycles. The molecule has 3 rings (SSSR count). The van der Waals surface area contributed by atoms with Gasteiger partial charge in [0.2, 0.25) is 10.5 Å². The second-order valence-corrected chi connectivity index (χ2v) is 10.8. The van der Waals surface area contributed by atoms with E-state index in [0.29, 0.717) is 17.0 Å². The third-order valence-electron chi connectivity index (χ3n) is 6.49. The van der Waals surface area contributed by atoms with Crippen molar-refractivity contribution in [1.82, 2.24) is 0 Å². The summed E-state index contributed by atoms with van der Waals surface area (Å²) in [7, 11) is 4.76. The maximum Gasteiger partial charge on any atom is 0.246 e. The second kappa shape index (κ2) is 12.4. The fraction of sp³-hybridized carbons (Fsp3) is 0.367. The van der Waals surface area contributed by atoms with E-state index in [1.807, 2.05) is 13.8 Å². The van der Waals surface area contributed by atoms with E-state index >= 15 is 0 Å². The highest BCUT2D eigenvalue weighted by Crippen LogP contribution is 2.45. The topological polar surface area (TPSA) is 47.6 Å². The van der Waals surface area contributed by atoms with Gasteiger partial charge < -0.3 is 14.5 Å². The standard InChI is InChI=1S/C30H33ClF2NO3Si/c1-15(2)25-21(14-37-38)26(16(3)4)28(30(36-7)27(25)17(5)6)29(35)20-10-9-19(13-22(20)31)34-24-11-8-18(32)12-23(24)33/h8-13,15-17,34H,14H2,1-7H3. The van der Waals surface area contributed by atoms with Crippen molar-refractivity contribution in [3.8, 4) is 5.75 Å². The van der Waals surface area contributed by atoms with E-state index in [0.717, 1.165) is 34.4 Å². The van der Waals surface area contributed by atoms with Gasteiger partial charge in [-0.3, -0.25) is 4.79 Å².